The number of hydrogen-bond acceptors (Lipinski definition) is 6. The molecule has 0 aliphatic rings. The fraction of sp³-hybridized carbons (Fsp3) is 0.130. The van der Waals surface area contributed by atoms with E-state index >= 15 is 0 Å². The number of benzene rings is 2. The van der Waals surface area contributed by atoms with Gasteiger partial charge in [-0.15, -0.1) is 17.9 Å². The topological polar surface area (TPSA) is 61.2 Å². The Balaban J connectivity index is 1.78. The van der Waals surface area contributed by atoms with Crippen molar-refractivity contribution in [1.82, 2.24) is 4.68 Å². The average molecular weight is 420 g/mol. The van der Waals surface area contributed by atoms with E-state index < -0.39 is 0 Å². The van der Waals surface area contributed by atoms with Crippen molar-refractivity contribution >= 4 is 28.5 Å². The van der Waals surface area contributed by atoms with Crippen LogP contribution in [0.5, 0.6) is 11.5 Å². The molecule has 2 heterocycles. The second-order valence-electron chi connectivity index (χ2n) is 6.35. The predicted molar refractivity (Wildman–Crippen MR) is 121 cm³/mol. The van der Waals surface area contributed by atoms with E-state index in [1.165, 1.54) is 11.3 Å². The van der Waals surface area contributed by atoms with Crippen molar-refractivity contribution in [3.63, 3.8) is 0 Å². The summed E-state index contributed by atoms with van der Waals surface area (Å²) in [6, 6.07) is 15.6. The average Bonchev–Trinajstić information content (AvgIpc) is 3.39. The Bertz CT molecular complexity index is 1250. The summed E-state index contributed by atoms with van der Waals surface area (Å²) in [5, 5.41) is 7.72. The van der Waals surface area contributed by atoms with E-state index in [4.69, 9.17) is 13.9 Å². The Kier molecular flexibility index (Phi) is 5.81. The summed E-state index contributed by atoms with van der Waals surface area (Å²) in [5.74, 6) is 2.05. The van der Waals surface area contributed by atoms with Crippen LogP contribution in [0.4, 0.5) is 0 Å². The van der Waals surface area contributed by atoms with Crippen molar-refractivity contribution in [2.75, 3.05) is 20.8 Å². The van der Waals surface area contributed by atoms with E-state index in [0.29, 0.717) is 18.0 Å². The third-order valence-corrected chi connectivity index (χ3v) is 5.30. The van der Waals surface area contributed by atoms with Crippen molar-refractivity contribution < 1.29 is 13.9 Å². The lowest BCUT2D eigenvalue weighted by molar-refractivity contribution is 0.355. The fourth-order valence-corrected chi connectivity index (χ4v) is 3.83. The maximum absolute atomic E-state index is 6.04. The van der Waals surface area contributed by atoms with Gasteiger partial charge in [0.1, 0.15) is 11.3 Å². The van der Waals surface area contributed by atoms with E-state index in [0.717, 1.165) is 32.8 Å². The molecule has 0 unspecified atom stereocenters. The monoisotopic (exact) mass is 419 g/mol. The van der Waals surface area contributed by atoms with E-state index in [9.17, 15) is 0 Å². The number of ether oxygens (including phenoxy) is 2. The number of rotatable bonds is 7. The van der Waals surface area contributed by atoms with Gasteiger partial charge in [-0.2, -0.15) is 5.10 Å². The van der Waals surface area contributed by atoms with Crippen LogP contribution in [-0.2, 0) is 0 Å². The zero-order valence-corrected chi connectivity index (χ0v) is 17.6. The molecule has 0 fully saturated rings. The minimum Gasteiger partial charge on any atom is -0.493 e. The van der Waals surface area contributed by atoms with Gasteiger partial charge >= 0.3 is 0 Å². The zero-order chi connectivity index (χ0) is 20.9. The molecule has 0 aliphatic heterocycles. The Hall–Kier alpha value is -3.58. The van der Waals surface area contributed by atoms with Crippen LogP contribution in [0.25, 0.3) is 22.4 Å². The molecule has 0 amide bonds. The van der Waals surface area contributed by atoms with Gasteiger partial charge in [-0.1, -0.05) is 24.3 Å². The number of furan rings is 1. The molecule has 4 rings (SSSR count). The summed E-state index contributed by atoms with van der Waals surface area (Å²) >= 11 is 1.50. The van der Waals surface area contributed by atoms with Crippen molar-refractivity contribution in [2.24, 2.45) is 10.1 Å². The van der Waals surface area contributed by atoms with Gasteiger partial charge in [-0.25, -0.2) is 4.68 Å². The molecule has 0 aliphatic carbocycles. The second kappa shape index (κ2) is 8.84. The van der Waals surface area contributed by atoms with Crippen LogP contribution < -0.4 is 14.3 Å². The van der Waals surface area contributed by atoms with Gasteiger partial charge in [0.05, 0.1) is 27.0 Å². The van der Waals surface area contributed by atoms with Crippen LogP contribution in [0.1, 0.15) is 5.56 Å². The molecule has 6 nitrogen and oxygen atoms in total. The normalized spacial score (nSPS) is 12.0. The van der Waals surface area contributed by atoms with Gasteiger partial charge in [0.15, 0.2) is 17.3 Å². The smallest absolute Gasteiger partial charge is 0.206 e. The van der Waals surface area contributed by atoms with E-state index in [1.807, 2.05) is 53.9 Å². The van der Waals surface area contributed by atoms with Crippen LogP contribution >= 0.6 is 11.3 Å². The number of thiazole rings is 1. The minimum absolute atomic E-state index is 0.506. The molecular formula is C23H21N3O3S. The van der Waals surface area contributed by atoms with Crippen molar-refractivity contribution in [2.45, 2.75) is 0 Å². The molecule has 0 N–H and O–H groups in total. The lowest BCUT2D eigenvalue weighted by Crippen LogP contribution is -2.12. The molecule has 2 aromatic heterocycles. The van der Waals surface area contributed by atoms with Crippen molar-refractivity contribution in [1.29, 1.82) is 0 Å². The summed E-state index contributed by atoms with van der Waals surface area (Å²) in [6.45, 7) is 4.25. The molecule has 0 bridgehead atoms. The molecule has 7 heteroatoms. The number of fused-ring (bicyclic) bond motifs is 1. The number of para-hydroxylation sites is 1. The highest BCUT2D eigenvalue weighted by molar-refractivity contribution is 7.07. The van der Waals surface area contributed by atoms with Crippen LogP contribution in [-0.4, -0.2) is 31.7 Å². The van der Waals surface area contributed by atoms with Crippen LogP contribution in [0.2, 0.25) is 0 Å². The SMILES string of the molecule is C=CCN=c1scc(-c2cc3ccccc3o2)n1N=Cc1ccc(OC)c(OC)c1. The molecule has 4 aromatic rings. The summed E-state index contributed by atoms with van der Waals surface area (Å²) < 4.78 is 18.5. The van der Waals surface area contributed by atoms with Crippen LogP contribution in [0.3, 0.4) is 0 Å². The van der Waals surface area contributed by atoms with E-state index in [2.05, 4.69) is 16.7 Å². The summed E-state index contributed by atoms with van der Waals surface area (Å²) in [6.07, 6.45) is 3.51. The maximum Gasteiger partial charge on any atom is 0.206 e. The van der Waals surface area contributed by atoms with E-state index in [-0.39, 0.29) is 0 Å². The standard InChI is InChI=1S/C23H21N3O3S/c1-4-11-24-23-26(25-14-16-9-10-20(27-2)22(12-16)28-3)18(15-30-23)21-13-17-7-5-6-8-19(17)29-21/h4-10,12-15H,1,11H2,2-3H3. The number of nitrogens with zero attached hydrogens (tertiary/aromatic N) is 3. The molecule has 30 heavy (non-hydrogen) atoms. The fourth-order valence-electron chi connectivity index (χ4n) is 3.00. The first kappa shape index (κ1) is 19.7. The summed E-state index contributed by atoms with van der Waals surface area (Å²) in [5.41, 5.74) is 2.53. The lowest BCUT2D eigenvalue weighted by atomic mass is 10.2. The third kappa shape index (κ3) is 3.92. The molecule has 152 valence electrons. The van der Waals surface area contributed by atoms with Crippen LogP contribution in [0.15, 0.2) is 81.1 Å². The third-order valence-electron chi connectivity index (χ3n) is 4.45. The highest BCUT2D eigenvalue weighted by Gasteiger charge is 2.12. The van der Waals surface area contributed by atoms with Gasteiger partial charge in [0.2, 0.25) is 4.80 Å². The quantitative estimate of drug-likeness (QED) is 0.315. The van der Waals surface area contributed by atoms with Crippen molar-refractivity contribution in [3.8, 4) is 23.0 Å². The molecule has 2 aromatic carbocycles. The molecule has 0 saturated heterocycles. The number of aromatic nitrogens is 1. The lowest BCUT2D eigenvalue weighted by Gasteiger charge is -2.07. The Morgan fingerprint density at radius 2 is 1.93 bits per heavy atom. The summed E-state index contributed by atoms with van der Waals surface area (Å²) in [4.78, 5) is 5.31. The second-order valence-corrected chi connectivity index (χ2v) is 7.19. The van der Waals surface area contributed by atoms with E-state index in [1.54, 1.807) is 31.2 Å². The van der Waals surface area contributed by atoms with Crippen LogP contribution in [0, 0.1) is 0 Å². The van der Waals surface area contributed by atoms with Gasteiger partial charge in [0, 0.05) is 10.8 Å². The number of hydrogen-bond donors (Lipinski definition) is 0. The first-order chi connectivity index (χ1) is 14.7. The minimum atomic E-state index is 0.506. The molecular weight excluding hydrogens is 398 g/mol. The Labute approximate surface area is 178 Å². The largest absolute Gasteiger partial charge is 0.493 e. The van der Waals surface area contributed by atoms with Gasteiger partial charge in [-0.05, 0) is 35.9 Å². The Morgan fingerprint density at radius 3 is 2.70 bits per heavy atom. The molecule has 0 radical (unpaired) electrons. The van der Waals surface area contributed by atoms with Crippen molar-refractivity contribution in [3.05, 3.63) is 76.9 Å². The van der Waals surface area contributed by atoms with Gasteiger partial charge < -0.3 is 13.9 Å². The number of methoxy groups -OCH3 is 2. The van der Waals surface area contributed by atoms with Gasteiger partial charge in [0.25, 0.3) is 0 Å². The van der Waals surface area contributed by atoms with Gasteiger partial charge in [-0.3, -0.25) is 4.99 Å². The molecule has 0 spiro atoms. The first-order valence-electron chi connectivity index (χ1n) is 9.30. The highest BCUT2D eigenvalue weighted by Crippen LogP contribution is 2.29. The highest BCUT2D eigenvalue weighted by atomic mass is 32.1. The molecule has 0 atom stereocenters. The zero-order valence-electron chi connectivity index (χ0n) is 16.7. The summed E-state index contributed by atoms with van der Waals surface area (Å²) in [7, 11) is 3.22. The first-order valence-corrected chi connectivity index (χ1v) is 10.2. The molecule has 0 saturated carbocycles. The predicted octanol–water partition coefficient (Wildman–Crippen LogP) is 4.95. The maximum atomic E-state index is 6.04. The Morgan fingerprint density at radius 1 is 1.10 bits per heavy atom.